The van der Waals surface area contributed by atoms with Crippen LogP contribution in [0.2, 0.25) is 0 Å². The van der Waals surface area contributed by atoms with Gasteiger partial charge in [-0.15, -0.1) is 0 Å². The molecule has 0 aliphatic carbocycles. The molecule has 0 unspecified atom stereocenters. The fourth-order valence-electron chi connectivity index (χ4n) is 2.67. The molecule has 1 aliphatic rings. The van der Waals surface area contributed by atoms with Crippen molar-refractivity contribution in [3.63, 3.8) is 0 Å². The van der Waals surface area contributed by atoms with E-state index in [1.807, 2.05) is 0 Å². The Morgan fingerprint density at radius 3 is 2.62 bits per heavy atom. The van der Waals surface area contributed by atoms with Gasteiger partial charge in [-0.3, -0.25) is 19.6 Å². The van der Waals surface area contributed by atoms with E-state index in [9.17, 15) is 22.8 Å². The number of hydrogen-bond acceptors (Lipinski definition) is 4. The van der Waals surface area contributed by atoms with Crippen molar-refractivity contribution in [3.05, 3.63) is 58.7 Å². The SMILES string of the molecule is O=C1c2cnc3[nH]ncc3c2C(=O)N1Cc1ccc(F)c(F)c1F. The largest absolute Gasteiger partial charge is 0.270 e. The highest BCUT2D eigenvalue weighted by Crippen LogP contribution is 2.29. The number of imide groups is 1. The first-order valence-corrected chi connectivity index (χ1v) is 6.79. The summed E-state index contributed by atoms with van der Waals surface area (Å²) in [6.07, 6.45) is 2.58. The van der Waals surface area contributed by atoms with Gasteiger partial charge in [0, 0.05) is 11.8 Å². The lowest BCUT2D eigenvalue weighted by Gasteiger charge is -2.14. The van der Waals surface area contributed by atoms with E-state index in [4.69, 9.17) is 0 Å². The number of pyridine rings is 1. The second-order valence-electron chi connectivity index (χ2n) is 5.21. The first-order valence-electron chi connectivity index (χ1n) is 6.79. The number of H-pyrrole nitrogens is 1. The summed E-state index contributed by atoms with van der Waals surface area (Å²) in [5, 5.41) is 6.70. The standard InChI is InChI=1S/C15H7F3N4O2/c16-9-2-1-6(11(17)12(9)18)5-22-14(23)8-3-19-13-7(4-20-21-13)10(8)15(22)24/h1-4H,5H2,(H,19,20,21). The number of amides is 2. The lowest BCUT2D eigenvalue weighted by atomic mass is 10.1. The van der Waals surface area contributed by atoms with Crippen LogP contribution < -0.4 is 0 Å². The van der Waals surface area contributed by atoms with Crippen molar-refractivity contribution in [2.75, 3.05) is 0 Å². The molecule has 0 atom stereocenters. The average Bonchev–Trinajstić information content (AvgIpc) is 3.13. The molecule has 2 aromatic heterocycles. The summed E-state index contributed by atoms with van der Waals surface area (Å²) >= 11 is 0. The molecule has 6 nitrogen and oxygen atoms in total. The van der Waals surface area contributed by atoms with E-state index in [0.717, 1.165) is 17.0 Å². The maximum absolute atomic E-state index is 13.8. The van der Waals surface area contributed by atoms with Gasteiger partial charge in [0.05, 0.1) is 29.3 Å². The lowest BCUT2D eigenvalue weighted by Crippen LogP contribution is -2.29. The summed E-state index contributed by atoms with van der Waals surface area (Å²) in [7, 11) is 0. The molecule has 24 heavy (non-hydrogen) atoms. The first-order chi connectivity index (χ1) is 11.5. The number of hydrogen-bond donors (Lipinski definition) is 1. The Hall–Kier alpha value is -3.23. The second kappa shape index (κ2) is 4.88. The second-order valence-corrected chi connectivity index (χ2v) is 5.21. The van der Waals surface area contributed by atoms with E-state index in [2.05, 4.69) is 15.2 Å². The van der Waals surface area contributed by atoms with Crippen LogP contribution in [0.5, 0.6) is 0 Å². The summed E-state index contributed by atoms with van der Waals surface area (Å²) in [6, 6.07) is 1.73. The molecule has 0 radical (unpaired) electrons. The van der Waals surface area contributed by atoms with Gasteiger partial charge < -0.3 is 0 Å². The molecule has 0 bridgehead atoms. The fourth-order valence-corrected chi connectivity index (χ4v) is 2.67. The maximum Gasteiger partial charge on any atom is 0.263 e. The van der Waals surface area contributed by atoms with Crippen LogP contribution in [0.25, 0.3) is 11.0 Å². The molecule has 1 aromatic carbocycles. The number of benzene rings is 1. The van der Waals surface area contributed by atoms with Crippen LogP contribution in [0.3, 0.4) is 0 Å². The van der Waals surface area contributed by atoms with Crippen LogP contribution in [0, 0.1) is 17.5 Å². The van der Waals surface area contributed by atoms with Crippen molar-refractivity contribution in [3.8, 4) is 0 Å². The highest BCUT2D eigenvalue weighted by Gasteiger charge is 2.38. The van der Waals surface area contributed by atoms with E-state index in [0.29, 0.717) is 11.0 Å². The number of carbonyl (C=O) groups is 2. The summed E-state index contributed by atoms with van der Waals surface area (Å²) in [4.78, 5) is 29.7. The van der Waals surface area contributed by atoms with Gasteiger partial charge in [0.1, 0.15) is 0 Å². The van der Waals surface area contributed by atoms with Gasteiger partial charge >= 0.3 is 0 Å². The lowest BCUT2D eigenvalue weighted by molar-refractivity contribution is 0.0641. The number of aromatic amines is 1. The molecule has 0 saturated carbocycles. The van der Waals surface area contributed by atoms with E-state index >= 15 is 0 Å². The van der Waals surface area contributed by atoms with Gasteiger partial charge in [-0.2, -0.15) is 5.10 Å². The number of rotatable bonds is 2. The van der Waals surface area contributed by atoms with Crippen LogP contribution in [-0.4, -0.2) is 31.9 Å². The minimum atomic E-state index is -1.65. The van der Waals surface area contributed by atoms with Crippen molar-refractivity contribution in [1.29, 1.82) is 0 Å². The molecule has 3 aromatic rings. The summed E-state index contributed by atoms with van der Waals surface area (Å²) in [5.74, 6) is -5.79. The summed E-state index contributed by atoms with van der Waals surface area (Å²) < 4.78 is 40.1. The molecule has 0 fully saturated rings. The van der Waals surface area contributed by atoms with Crippen molar-refractivity contribution in [2.45, 2.75) is 6.54 Å². The van der Waals surface area contributed by atoms with Gasteiger partial charge in [-0.05, 0) is 6.07 Å². The number of fused-ring (bicyclic) bond motifs is 3. The molecule has 120 valence electrons. The molecule has 2 amide bonds. The smallest absolute Gasteiger partial charge is 0.263 e. The fraction of sp³-hybridized carbons (Fsp3) is 0.0667. The molecular formula is C15H7F3N4O2. The minimum Gasteiger partial charge on any atom is -0.270 e. The third kappa shape index (κ3) is 1.84. The van der Waals surface area contributed by atoms with Gasteiger partial charge in [0.15, 0.2) is 23.1 Å². The van der Waals surface area contributed by atoms with E-state index in [-0.39, 0.29) is 16.7 Å². The predicted molar refractivity (Wildman–Crippen MR) is 74.4 cm³/mol. The normalized spacial score (nSPS) is 13.9. The van der Waals surface area contributed by atoms with Crippen LogP contribution in [0.1, 0.15) is 26.3 Å². The van der Waals surface area contributed by atoms with Crippen LogP contribution in [0.15, 0.2) is 24.5 Å². The quantitative estimate of drug-likeness (QED) is 0.576. The Morgan fingerprint density at radius 1 is 1.04 bits per heavy atom. The molecule has 9 heteroatoms. The van der Waals surface area contributed by atoms with Crippen molar-refractivity contribution in [2.24, 2.45) is 0 Å². The van der Waals surface area contributed by atoms with E-state index in [1.54, 1.807) is 0 Å². The highest BCUT2D eigenvalue weighted by atomic mass is 19.2. The number of nitrogens with one attached hydrogen (secondary N) is 1. The maximum atomic E-state index is 13.8. The van der Waals surface area contributed by atoms with Crippen molar-refractivity contribution in [1.82, 2.24) is 20.1 Å². The molecule has 3 heterocycles. The third-order valence-electron chi connectivity index (χ3n) is 3.86. The Labute approximate surface area is 131 Å². The monoisotopic (exact) mass is 332 g/mol. The van der Waals surface area contributed by atoms with Gasteiger partial charge in [0.25, 0.3) is 11.8 Å². The number of carbonyl (C=O) groups excluding carboxylic acids is 2. The minimum absolute atomic E-state index is 0.0527. The first kappa shape index (κ1) is 14.4. The zero-order valence-corrected chi connectivity index (χ0v) is 11.8. The molecule has 1 N–H and O–H groups in total. The number of halogens is 3. The summed E-state index contributed by atoms with van der Waals surface area (Å²) in [5.41, 5.74) is 0.175. The Bertz CT molecular complexity index is 1030. The summed E-state index contributed by atoms with van der Waals surface area (Å²) in [6.45, 7) is -0.519. The molecule has 4 rings (SSSR count). The van der Waals surface area contributed by atoms with E-state index < -0.39 is 35.8 Å². The topological polar surface area (TPSA) is 79.0 Å². The van der Waals surface area contributed by atoms with Crippen molar-refractivity contribution < 1.29 is 22.8 Å². The Kier molecular flexibility index (Phi) is 2.92. The van der Waals surface area contributed by atoms with Gasteiger partial charge in [-0.1, -0.05) is 6.07 Å². The van der Waals surface area contributed by atoms with Gasteiger partial charge in [0.2, 0.25) is 0 Å². The third-order valence-corrected chi connectivity index (χ3v) is 3.86. The van der Waals surface area contributed by atoms with E-state index in [1.165, 1.54) is 12.4 Å². The Morgan fingerprint density at radius 2 is 1.83 bits per heavy atom. The average molecular weight is 332 g/mol. The molecular weight excluding hydrogens is 325 g/mol. The Balaban J connectivity index is 1.77. The number of aromatic nitrogens is 3. The highest BCUT2D eigenvalue weighted by molar-refractivity contribution is 6.25. The zero-order chi connectivity index (χ0) is 17.0. The van der Waals surface area contributed by atoms with Gasteiger partial charge in [-0.25, -0.2) is 18.2 Å². The van der Waals surface area contributed by atoms with Crippen LogP contribution in [-0.2, 0) is 6.54 Å². The van der Waals surface area contributed by atoms with Crippen LogP contribution >= 0.6 is 0 Å². The molecule has 1 aliphatic heterocycles. The number of nitrogens with zero attached hydrogens (tertiary/aromatic N) is 3. The molecule has 0 spiro atoms. The zero-order valence-electron chi connectivity index (χ0n) is 11.8. The van der Waals surface area contributed by atoms with Crippen LogP contribution in [0.4, 0.5) is 13.2 Å². The molecule has 0 saturated heterocycles. The van der Waals surface area contributed by atoms with Crippen molar-refractivity contribution >= 4 is 22.8 Å². The predicted octanol–water partition coefficient (Wildman–Crippen LogP) is 2.17.